The van der Waals surface area contributed by atoms with Crippen molar-refractivity contribution in [2.45, 2.75) is 32.3 Å². The fourth-order valence-corrected chi connectivity index (χ4v) is 2.28. The Bertz CT molecular complexity index is 599. The van der Waals surface area contributed by atoms with Crippen LogP contribution < -0.4 is 9.47 Å². The van der Waals surface area contributed by atoms with E-state index in [1.165, 1.54) is 0 Å². The smallest absolute Gasteiger partial charge is 0.221 e. The molecule has 4 heteroatoms. The Labute approximate surface area is 142 Å². The Morgan fingerprint density at radius 2 is 1.48 bits per heavy atom. The Hall–Kier alpha value is -2.00. The van der Waals surface area contributed by atoms with Gasteiger partial charge in [0.05, 0.1) is 6.61 Å². The lowest BCUT2D eigenvalue weighted by Crippen LogP contribution is -2.01. The standard InChI is InChI=1S/C19H21ClO3/c20-19(21)13-5-2-8-14-22-17-11-6-7-12-18(17)23-15-16-9-3-1-4-10-16/h1,3-4,6-7,9-12H,2,5,8,13-15H2. The van der Waals surface area contributed by atoms with Crippen molar-refractivity contribution >= 4 is 16.8 Å². The van der Waals surface area contributed by atoms with Crippen LogP contribution in [0.3, 0.4) is 0 Å². The first-order valence-electron chi connectivity index (χ1n) is 7.82. The Balaban J connectivity index is 1.77. The molecule has 23 heavy (non-hydrogen) atoms. The number of hydrogen-bond acceptors (Lipinski definition) is 3. The molecule has 0 aliphatic rings. The fourth-order valence-electron chi connectivity index (χ4n) is 2.15. The number of halogens is 1. The van der Waals surface area contributed by atoms with Crippen LogP contribution in [0.1, 0.15) is 31.2 Å². The van der Waals surface area contributed by atoms with Gasteiger partial charge in [-0.15, -0.1) is 0 Å². The van der Waals surface area contributed by atoms with E-state index in [4.69, 9.17) is 21.1 Å². The first kappa shape index (κ1) is 17.4. The molecule has 122 valence electrons. The molecule has 0 aliphatic carbocycles. The number of unbranched alkanes of at least 4 members (excludes halogenated alkanes) is 2. The summed E-state index contributed by atoms with van der Waals surface area (Å²) in [6.07, 6.45) is 3.04. The lowest BCUT2D eigenvalue weighted by atomic mass is 10.2. The predicted molar refractivity (Wildman–Crippen MR) is 92.0 cm³/mol. The van der Waals surface area contributed by atoms with Gasteiger partial charge in [-0.05, 0) is 48.6 Å². The molecule has 2 aromatic rings. The number of para-hydroxylation sites is 2. The van der Waals surface area contributed by atoms with Crippen molar-refractivity contribution in [1.29, 1.82) is 0 Å². The van der Waals surface area contributed by atoms with Gasteiger partial charge in [-0.25, -0.2) is 0 Å². The van der Waals surface area contributed by atoms with Crippen molar-refractivity contribution in [3.8, 4) is 11.5 Å². The van der Waals surface area contributed by atoms with Crippen molar-refractivity contribution in [2.24, 2.45) is 0 Å². The van der Waals surface area contributed by atoms with Crippen LogP contribution >= 0.6 is 11.6 Å². The zero-order chi connectivity index (χ0) is 16.3. The van der Waals surface area contributed by atoms with Crippen molar-refractivity contribution in [3.05, 3.63) is 60.2 Å². The summed E-state index contributed by atoms with van der Waals surface area (Å²) in [4.78, 5) is 10.6. The molecule has 0 saturated heterocycles. The van der Waals surface area contributed by atoms with Crippen LogP contribution in [-0.4, -0.2) is 11.8 Å². The van der Waals surface area contributed by atoms with Gasteiger partial charge >= 0.3 is 0 Å². The zero-order valence-corrected chi connectivity index (χ0v) is 13.8. The van der Waals surface area contributed by atoms with E-state index >= 15 is 0 Å². The number of hydrogen-bond donors (Lipinski definition) is 0. The van der Waals surface area contributed by atoms with Gasteiger partial charge in [0, 0.05) is 6.42 Å². The van der Waals surface area contributed by atoms with Gasteiger partial charge in [0.15, 0.2) is 11.5 Å². The topological polar surface area (TPSA) is 35.5 Å². The van der Waals surface area contributed by atoms with Crippen LogP contribution in [0.5, 0.6) is 11.5 Å². The highest BCUT2D eigenvalue weighted by Crippen LogP contribution is 2.27. The van der Waals surface area contributed by atoms with Crippen molar-refractivity contribution in [1.82, 2.24) is 0 Å². The van der Waals surface area contributed by atoms with E-state index in [9.17, 15) is 4.79 Å². The van der Waals surface area contributed by atoms with E-state index in [2.05, 4.69) is 0 Å². The van der Waals surface area contributed by atoms with Gasteiger partial charge in [0.2, 0.25) is 5.24 Å². The molecule has 0 fully saturated rings. The fraction of sp³-hybridized carbons (Fsp3) is 0.316. The van der Waals surface area contributed by atoms with E-state index < -0.39 is 0 Å². The summed E-state index contributed by atoms with van der Waals surface area (Å²) < 4.78 is 11.6. The average molecular weight is 333 g/mol. The number of carbonyl (C=O) groups excluding carboxylic acids is 1. The van der Waals surface area contributed by atoms with Crippen LogP contribution in [0.15, 0.2) is 54.6 Å². The van der Waals surface area contributed by atoms with E-state index in [-0.39, 0.29) is 5.24 Å². The summed E-state index contributed by atoms with van der Waals surface area (Å²) in [7, 11) is 0. The van der Waals surface area contributed by atoms with Gasteiger partial charge in [0.25, 0.3) is 0 Å². The minimum absolute atomic E-state index is 0.273. The predicted octanol–water partition coefficient (Wildman–Crippen LogP) is 4.97. The molecule has 0 radical (unpaired) electrons. The third-order valence-electron chi connectivity index (χ3n) is 3.36. The first-order chi connectivity index (χ1) is 11.3. The maximum Gasteiger partial charge on any atom is 0.221 e. The van der Waals surface area contributed by atoms with E-state index in [1.807, 2.05) is 54.6 Å². The summed E-state index contributed by atoms with van der Waals surface area (Å²) >= 11 is 5.31. The minimum Gasteiger partial charge on any atom is -0.490 e. The number of rotatable bonds is 10. The summed E-state index contributed by atoms with van der Waals surface area (Å²) in [5.41, 5.74) is 1.12. The van der Waals surface area contributed by atoms with Gasteiger partial charge in [-0.1, -0.05) is 42.5 Å². The largest absolute Gasteiger partial charge is 0.490 e. The molecule has 0 amide bonds. The highest BCUT2D eigenvalue weighted by molar-refractivity contribution is 6.63. The number of benzene rings is 2. The second kappa shape index (κ2) is 9.90. The second-order valence-corrected chi connectivity index (χ2v) is 5.66. The monoisotopic (exact) mass is 332 g/mol. The lowest BCUT2D eigenvalue weighted by Gasteiger charge is -2.12. The molecular formula is C19H21ClO3. The van der Waals surface area contributed by atoms with E-state index in [0.717, 1.165) is 36.3 Å². The van der Waals surface area contributed by atoms with E-state index in [0.29, 0.717) is 19.6 Å². The molecule has 0 heterocycles. The molecule has 0 aliphatic heterocycles. The summed E-state index contributed by atoms with van der Waals surface area (Å²) in [6.45, 7) is 1.11. The maximum absolute atomic E-state index is 10.6. The Kier molecular flexibility index (Phi) is 7.47. The van der Waals surface area contributed by atoms with Crippen LogP contribution in [0, 0.1) is 0 Å². The molecule has 0 N–H and O–H groups in total. The molecule has 0 saturated carbocycles. The van der Waals surface area contributed by atoms with Crippen LogP contribution in [-0.2, 0) is 11.4 Å². The highest BCUT2D eigenvalue weighted by atomic mass is 35.5. The van der Waals surface area contributed by atoms with Crippen LogP contribution in [0.2, 0.25) is 0 Å². The summed E-state index contributed by atoms with van der Waals surface area (Å²) in [5, 5.41) is -0.273. The van der Waals surface area contributed by atoms with E-state index in [1.54, 1.807) is 0 Å². The Morgan fingerprint density at radius 3 is 2.17 bits per heavy atom. The maximum atomic E-state index is 10.6. The van der Waals surface area contributed by atoms with Gasteiger partial charge < -0.3 is 9.47 Å². The number of ether oxygens (including phenoxy) is 2. The third-order valence-corrected chi connectivity index (χ3v) is 3.55. The van der Waals surface area contributed by atoms with Crippen LogP contribution in [0.4, 0.5) is 0 Å². The average Bonchev–Trinajstić information content (AvgIpc) is 2.57. The quantitative estimate of drug-likeness (QED) is 0.455. The van der Waals surface area contributed by atoms with Crippen LogP contribution in [0.25, 0.3) is 0 Å². The first-order valence-corrected chi connectivity index (χ1v) is 8.20. The molecule has 0 atom stereocenters. The zero-order valence-electron chi connectivity index (χ0n) is 13.0. The van der Waals surface area contributed by atoms with Crippen molar-refractivity contribution in [3.63, 3.8) is 0 Å². The molecule has 0 spiro atoms. The molecule has 0 unspecified atom stereocenters. The summed E-state index contributed by atoms with van der Waals surface area (Å²) in [5.74, 6) is 1.49. The molecule has 2 aromatic carbocycles. The van der Waals surface area contributed by atoms with Crippen molar-refractivity contribution in [2.75, 3.05) is 6.61 Å². The molecule has 3 nitrogen and oxygen atoms in total. The van der Waals surface area contributed by atoms with Gasteiger partial charge in [0.1, 0.15) is 6.61 Å². The second-order valence-electron chi connectivity index (χ2n) is 5.24. The van der Waals surface area contributed by atoms with Crippen molar-refractivity contribution < 1.29 is 14.3 Å². The summed E-state index contributed by atoms with van der Waals surface area (Å²) in [6, 6.07) is 17.7. The minimum atomic E-state index is -0.273. The molecular weight excluding hydrogens is 312 g/mol. The van der Waals surface area contributed by atoms with Gasteiger partial charge in [-0.2, -0.15) is 0 Å². The Morgan fingerprint density at radius 1 is 0.826 bits per heavy atom. The normalized spacial score (nSPS) is 10.3. The molecule has 0 aromatic heterocycles. The highest BCUT2D eigenvalue weighted by Gasteiger charge is 2.04. The third kappa shape index (κ3) is 6.74. The SMILES string of the molecule is O=C(Cl)CCCCCOc1ccccc1OCc1ccccc1. The lowest BCUT2D eigenvalue weighted by molar-refractivity contribution is -0.111. The molecule has 2 rings (SSSR count). The van der Waals surface area contributed by atoms with Gasteiger partial charge in [-0.3, -0.25) is 4.79 Å². The number of carbonyl (C=O) groups is 1. The molecule has 0 bridgehead atoms.